The van der Waals surface area contributed by atoms with Gasteiger partial charge in [-0.05, 0) is 98.7 Å². The fourth-order valence-electron chi connectivity index (χ4n) is 12.5. The molecule has 0 unspecified atom stereocenters. The highest BCUT2D eigenvalue weighted by Gasteiger charge is 2.72. The number of hydrogen-bond acceptors (Lipinski definition) is 11. The minimum absolute atomic E-state index is 0.102. The molecule has 5 fully saturated rings. The van der Waals surface area contributed by atoms with Gasteiger partial charge in [0.25, 0.3) is 0 Å². The fourth-order valence-corrected chi connectivity index (χ4v) is 12.5. The van der Waals surface area contributed by atoms with Crippen molar-refractivity contribution in [2.45, 2.75) is 149 Å². The van der Waals surface area contributed by atoms with Gasteiger partial charge in [0.05, 0.1) is 30.3 Å². The second kappa shape index (κ2) is 12.2. The van der Waals surface area contributed by atoms with Gasteiger partial charge in [-0.25, -0.2) is 0 Å². The molecule has 6 aliphatic rings. The van der Waals surface area contributed by atoms with E-state index in [4.69, 9.17) is 14.2 Å². The third-order valence-electron chi connectivity index (χ3n) is 15.9. The van der Waals surface area contributed by atoms with Crippen molar-refractivity contribution in [1.29, 1.82) is 0 Å². The van der Waals surface area contributed by atoms with Gasteiger partial charge in [-0.1, -0.05) is 46.3 Å². The van der Waals surface area contributed by atoms with Crippen LogP contribution >= 0.6 is 0 Å². The van der Waals surface area contributed by atoms with Gasteiger partial charge in [-0.3, -0.25) is 9.59 Å². The van der Waals surface area contributed by atoms with Gasteiger partial charge in [0, 0.05) is 18.3 Å². The van der Waals surface area contributed by atoms with Crippen molar-refractivity contribution in [3.05, 3.63) is 11.6 Å². The van der Waals surface area contributed by atoms with Gasteiger partial charge in [0.1, 0.15) is 24.4 Å². The first kappa shape index (κ1) is 37.2. The SMILES string of the molecule is CC(=O)OC[C@@]1(C)[C@@H]2CC[C@]3(C)[C@H](CC=C4[C@H]5[C@](C(=O)O[C@@H]6O[C@H](CO)[C@@H](O)[C@H](O)[C@H]6O)(CC[C@@H](C)[C@@]5(C)O)CC[C@]43C)[C@@]2(C)CC[C@@H]1O. The smallest absolute Gasteiger partial charge is 0.315 e. The van der Waals surface area contributed by atoms with Crippen molar-refractivity contribution in [1.82, 2.24) is 0 Å². The summed E-state index contributed by atoms with van der Waals surface area (Å²) in [4.78, 5) is 26.4. The van der Waals surface area contributed by atoms with Crippen molar-refractivity contribution in [2.75, 3.05) is 13.2 Å². The standard InChI is InChI=1S/C38H60O11/c1-20-10-15-38(32(45)49-31-29(44)28(43)27(42)23(18-39)48-31)17-16-35(5)22(30(38)37(20,7)46)8-9-25-33(3)13-12-26(41)34(4,19-47-21(2)40)24(33)11-14-36(25,35)6/h8,20,23-31,39,41-44,46H,9-19H2,1-7H3/t20-,23-,24-,25-,26+,27-,28+,29-,30-,31+,33+,34+,35-,36-,37-,38+/m1/s1. The molecule has 11 nitrogen and oxygen atoms in total. The van der Waals surface area contributed by atoms with Gasteiger partial charge < -0.3 is 44.8 Å². The van der Waals surface area contributed by atoms with Crippen LogP contribution in [0.2, 0.25) is 0 Å². The van der Waals surface area contributed by atoms with Crippen LogP contribution in [0.3, 0.4) is 0 Å². The molecule has 0 aromatic heterocycles. The summed E-state index contributed by atoms with van der Waals surface area (Å²) in [6, 6.07) is 0. The van der Waals surface area contributed by atoms with Crippen LogP contribution < -0.4 is 0 Å². The molecule has 0 amide bonds. The average Bonchev–Trinajstić information content (AvgIpc) is 3.04. The van der Waals surface area contributed by atoms with E-state index in [1.807, 2.05) is 13.8 Å². The van der Waals surface area contributed by atoms with E-state index in [9.17, 15) is 40.2 Å². The molecule has 0 spiro atoms. The summed E-state index contributed by atoms with van der Waals surface area (Å²) in [5, 5.41) is 64.9. The van der Waals surface area contributed by atoms with Crippen molar-refractivity contribution in [3.8, 4) is 0 Å². The van der Waals surface area contributed by atoms with E-state index in [-0.39, 0.29) is 46.6 Å². The number of aliphatic hydroxyl groups excluding tert-OH is 5. The van der Waals surface area contributed by atoms with Crippen molar-refractivity contribution in [2.24, 2.45) is 50.7 Å². The van der Waals surface area contributed by atoms with Gasteiger partial charge in [-0.15, -0.1) is 0 Å². The molecule has 278 valence electrons. The molecule has 0 bridgehead atoms. The zero-order valence-corrected chi connectivity index (χ0v) is 30.4. The molecule has 6 N–H and O–H groups in total. The van der Waals surface area contributed by atoms with E-state index in [1.165, 1.54) is 6.92 Å². The zero-order chi connectivity index (χ0) is 36.1. The molecule has 6 rings (SSSR count). The van der Waals surface area contributed by atoms with Crippen LogP contribution in [0.25, 0.3) is 0 Å². The summed E-state index contributed by atoms with van der Waals surface area (Å²) in [5.41, 5.74) is -2.51. The molecule has 49 heavy (non-hydrogen) atoms. The lowest BCUT2D eigenvalue weighted by molar-refractivity contribution is -0.299. The number of carbonyl (C=O) groups excluding carboxylic acids is 2. The summed E-state index contributed by atoms with van der Waals surface area (Å²) in [5.74, 6) is -1.21. The summed E-state index contributed by atoms with van der Waals surface area (Å²) < 4.78 is 17.1. The number of aliphatic hydroxyl groups is 6. The third kappa shape index (κ3) is 5.14. The maximum atomic E-state index is 14.5. The Kier molecular flexibility index (Phi) is 9.28. The minimum atomic E-state index is -1.71. The molecular weight excluding hydrogens is 632 g/mol. The number of carbonyl (C=O) groups is 2. The number of ether oxygens (including phenoxy) is 3. The van der Waals surface area contributed by atoms with Crippen LogP contribution in [0.15, 0.2) is 11.6 Å². The van der Waals surface area contributed by atoms with Crippen LogP contribution in [0, 0.1) is 50.7 Å². The van der Waals surface area contributed by atoms with Crippen molar-refractivity contribution < 1.29 is 54.4 Å². The van der Waals surface area contributed by atoms with Crippen LogP contribution in [0.1, 0.15) is 106 Å². The van der Waals surface area contributed by atoms with E-state index in [0.717, 1.165) is 31.3 Å². The summed E-state index contributed by atoms with van der Waals surface area (Å²) in [6.45, 7) is 14.0. The highest BCUT2D eigenvalue weighted by molar-refractivity contribution is 5.79. The lowest BCUT2D eigenvalue weighted by Crippen LogP contribution is -2.68. The maximum Gasteiger partial charge on any atom is 0.315 e. The van der Waals surface area contributed by atoms with E-state index < -0.39 is 71.7 Å². The Hall–Kier alpha value is -1.60. The number of fused-ring (bicyclic) bond motifs is 7. The van der Waals surface area contributed by atoms with Gasteiger partial charge in [-0.2, -0.15) is 0 Å². The van der Waals surface area contributed by atoms with E-state index in [1.54, 1.807) is 0 Å². The quantitative estimate of drug-likeness (QED) is 0.184. The predicted octanol–water partition coefficient (Wildman–Crippen LogP) is 3.01. The molecule has 1 heterocycles. The number of allylic oxidation sites excluding steroid dienone is 1. The molecule has 5 aliphatic carbocycles. The van der Waals surface area contributed by atoms with Crippen molar-refractivity contribution >= 4 is 11.9 Å². The van der Waals surface area contributed by atoms with Crippen LogP contribution in [-0.4, -0.2) is 98.2 Å². The topological polar surface area (TPSA) is 183 Å². The predicted molar refractivity (Wildman–Crippen MR) is 177 cm³/mol. The Morgan fingerprint density at radius 2 is 1.59 bits per heavy atom. The number of rotatable bonds is 5. The first-order chi connectivity index (χ1) is 22.7. The Morgan fingerprint density at radius 1 is 0.898 bits per heavy atom. The van der Waals surface area contributed by atoms with Crippen LogP contribution in [0.5, 0.6) is 0 Å². The molecule has 11 heteroatoms. The maximum absolute atomic E-state index is 14.5. The molecule has 4 saturated carbocycles. The molecule has 0 aromatic carbocycles. The normalized spacial score (nSPS) is 53.9. The van der Waals surface area contributed by atoms with Crippen molar-refractivity contribution in [3.63, 3.8) is 0 Å². The van der Waals surface area contributed by atoms with E-state index >= 15 is 0 Å². The first-order valence-corrected chi connectivity index (χ1v) is 18.5. The van der Waals surface area contributed by atoms with Gasteiger partial charge >= 0.3 is 11.9 Å². The highest BCUT2D eigenvalue weighted by atomic mass is 16.7. The zero-order valence-electron chi connectivity index (χ0n) is 30.4. The molecule has 1 aliphatic heterocycles. The second-order valence-electron chi connectivity index (χ2n) is 18.0. The Labute approximate surface area is 290 Å². The average molecular weight is 693 g/mol. The minimum Gasteiger partial charge on any atom is -0.465 e. The van der Waals surface area contributed by atoms with Crippen LogP contribution in [0.4, 0.5) is 0 Å². The van der Waals surface area contributed by atoms with E-state index in [0.29, 0.717) is 32.1 Å². The van der Waals surface area contributed by atoms with E-state index in [2.05, 4.69) is 33.8 Å². The van der Waals surface area contributed by atoms with Gasteiger partial charge in [0.15, 0.2) is 0 Å². The summed E-state index contributed by atoms with van der Waals surface area (Å²) >= 11 is 0. The molecule has 0 aromatic rings. The molecule has 16 atom stereocenters. The molecule has 1 saturated heterocycles. The first-order valence-electron chi connectivity index (χ1n) is 18.5. The monoisotopic (exact) mass is 692 g/mol. The Morgan fingerprint density at radius 3 is 2.24 bits per heavy atom. The van der Waals surface area contributed by atoms with Gasteiger partial charge in [0.2, 0.25) is 6.29 Å². The number of hydrogen-bond donors (Lipinski definition) is 6. The number of esters is 2. The second-order valence-corrected chi connectivity index (χ2v) is 18.0. The third-order valence-corrected chi connectivity index (χ3v) is 15.9. The largest absolute Gasteiger partial charge is 0.465 e. The van der Waals surface area contributed by atoms with Crippen LogP contribution in [-0.2, 0) is 23.8 Å². The fraction of sp³-hybridized carbons (Fsp3) is 0.895. The Balaban J connectivity index is 1.37. The summed E-state index contributed by atoms with van der Waals surface area (Å²) in [7, 11) is 0. The Bertz CT molecular complexity index is 1350. The summed E-state index contributed by atoms with van der Waals surface area (Å²) in [6.07, 6.45) is 0.194. The molecular formula is C38H60O11. The highest BCUT2D eigenvalue weighted by Crippen LogP contribution is 2.76. The lowest BCUT2D eigenvalue weighted by Gasteiger charge is -2.72. The lowest BCUT2D eigenvalue weighted by atomic mass is 9.33. The molecule has 0 radical (unpaired) electrons.